The molecule has 86 valence electrons. The minimum absolute atomic E-state index is 0.912. The molecule has 1 heterocycles. The quantitative estimate of drug-likeness (QED) is 0.788. The number of nitrogens with zero attached hydrogens (tertiary/aromatic N) is 1. The molecule has 16 heavy (non-hydrogen) atoms. The van der Waals surface area contributed by atoms with E-state index in [-0.39, 0.29) is 0 Å². The summed E-state index contributed by atoms with van der Waals surface area (Å²) in [4.78, 5) is 3.30. The summed E-state index contributed by atoms with van der Waals surface area (Å²) in [5.74, 6) is 0.912. The molecule has 0 atom stereocenters. The maximum absolute atomic E-state index is 5.26. The van der Waals surface area contributed by atoms with E-state index in [0.717, 1.165) is 16.8 Å². The molecule has 3 heteroatoms. The Morgan fingerprint density at radius 1 is 1.25 bits per heavy atom. The van der Waals surface area contributed by atoms with Gasteiger partial charge in [-0.1, -0.05) is 0 Å². The molecule has 2 rings (SSSR count). The second kappa shape index (κ2) is 3.83. The van der Waals surface area contributed by atoms with E-state index in [1.807, 2.05) is 6.07 Å². The van der Waals surface area contributed by atoms with Crippen molar-refractivity contribution in [3.05, 3.63) is 30.0 Å². The predicted molar refractivity (Wildman–Crippen MR) is 66.6 cm³/mol. The van der Waals surface area contributed by atoms with E-state index in [9.17, 15) is 0 Å². The Hall–Kier alpha value is -1.48. The van der Waals surface area contributed by atoms with Gasteiger partial charge < -0.3 is 14.2 Å². The summed E-state index contributed by atoms with van der Waals surface area (Å²) in [5.41, 5.74) is 2.51. The molecule has 0 aliphatic carbocycles. The molecule has 0 fully saturated rings. The summed E-state index contributed by atoms with van der Waals surface area (Å²) >= 11 is 0. The van der Waals surface area contributed by atoms with Crippen molar-refractivity contribution < 1.29 is 9.22 Å². The summed E-state index contributed by atoms with van der Waals surface area (Å²) in [6.45, 7) is 1.01. The van der Waals surface area contributed by atoms with Crippen LogP contribution in [0.3, 0.4) is 0 Å². The molecule has 3 nitrogen and oxygen atoms in total. The van der Waals surface area contributed by atoms with E-state index in [0.29, 0.717) is 0 Å². The third kappa shape index (κ3) is 2.19. The number of hydrogen-bond acceptors (Lipinski definition) is 1. The molecule has 1 aromatic carbocycles. The van der Waals surface area contributed by atoms with Gasteiger partial charge in [0.15, 0.2) is 0 Å². The summed E-state index contributed by atoms with van der Waals surface area (Å²) in [6.07, 6.45) is 2.09. The van der Waals surface area contributed by atoms with Crippen LogP contribution in [0.4, 0.5) is 0 Å². The SMILES string of the molecule is COc1ccc2[nH]cc(C[N+](C)(C)C)c2c1. The molecule has 0 bridgehead atoms. The molecule has 0 amide bonds. The number of quaternary nitrogens is 1. The van der Waals surface area contributed by atoms with Crippen molar-refractivity contribution in [2.24, 2.45) is 0 Å². The molecule has 0 spiro atoms. The van der Waals surface area contributed by atoms with Gasteiger partial charge in [0.25, 0.3) is 0 Å². The fraction of sp³-hybridized carbons (Fsp3) is 0.385. The highest BCUT2D eigenvalue weighted by atomic mass is 16.5. The van der Waals surface area contributed by atoms with Crippen LogP contribution in [-0.2, 0) is 6.54 Å². The number of aromatic nitrogens is 1. The molecule has 0 saturated heterocycles. The second-order valence-electron chi connectivity index (χ2n) is 5.17. The van der Waals surface area contributed by atoms with Crippen LogP contribution in [0, 0.1) is 0 Å². The summed E-state index contributed by atoms with van der Waals surface area (Å²) in [5, 5.41) is 1.26. The predicted octanol–water partition coefficient (Wildman–Crippen LogP) is 2.38. The van der Waals surface area contributed by atoms with E-state index < -0.39 is 0 Å². The van der Waals surface area contributed by atoms with E-state index in [1.54, 1.807) is 7.11 Å². The van der Waals surface area contributed by atoms with Gasteiger partial charge in [0.1, 0.15) is 12.3 Å². The van der Waals surface area contributed by atoms with Crippen LogP contribution in [0.2, 0.25) is 0 Å². The van der Waals surface area contributed by atoms with E-state index in [4.69, 9.17) is 4.74 Å². The molecule has 1 N–H and O–H groups in total. The number of nitrogens with one attached hydrogen (secondary N) is 1. The van der Waals surface area contributed by atoms with Crippen LogP contribution < -0.4 is 4.74 Å². The zero-order valence-corrected chi connectivity index (χ0v) is 10.4. The average Bonchev–Trinajstić information content (AvgIpc) is 2.58. The van der Waals surface area contributed by atoms with Crippen molar-refractivity contribution >= 4 is 10.9 Å². The number of aromatic amines is 1. The largest absolute Gasteiger partial charge is 0.497 e. The number of H-pyrrole nitrogens is 1. The van der Waals surface area contributed by atoms with Gasteiger partial charge in [-0.05, 0) is 18.2 Å². The number of methoxy groups -OCH3 is 1. The van der Waals surface area contributed by atoms with Crippen LogP contribution in [-0.4, -0.2) is 37.7 Å². The van der Waals surface area contributed by atoms with Gasteiger partial charge >= 0.3 is 0 Å². The molecular formula is C13H19N2O+. The lowest BCUT2D eigenvalue weighted by Gasteiger charge is -2.23. The van der Waals surface area contributed by atoms with Gasteiger partial charge in [-0.2, -0.15) is 0 Å². The number of ether oxygens (including phenoxy) is 1. The molecule has 0 aliphatic rings. The average molecular weight is 219 g/mol. The van der Waals surface area contributed by atoms with Crippen molar-refractivity contribution in [3.63, 3.8) is 0 Å². The maximum atomic E-state index is 5.26. The highest BCUT2D eigenvalue weighted by Crippen LogP contribution is 2.24. The Labute approximate surface area is 96.2 Å². The smallest absolute Gasteiger partial charge is 0.119 e. The van der Waals surface area contributed by atoms with E-state index >= 15 is 0 Å². The Kier molecular flexibility index (Phi) is 2.64. The van der Waals surface area contributed by atoms with Crippen LogP contribution in [0.25, 0.3) is 10.9 Å². The Morgan fingerprint density at radius 2 is 2.00 bits per heavy atom. The van der Waals surface area contributed by atoms with E-state index in [1.165, 1.54) is 16.5 Å². The highest BCUT2D eigenvalue weighted by Gasteiger charge is 2.13. The van der Waals surface area contributed by atoms with Gasteiger partial charge in [-0.3, -0.25) is 0 Å². The fourth-order valence-electron chi connectivity index (χ4n) is 1.93. The van der Waals surface area contributed by atoms with Gasteiger partial charge in [0.2, 0.25) is 0 Å². The maximum Gasteiger partial charge on any atom is 0.119 e. The number of hydrogen-bond donors (Lipinski definition) is 1. The summed E-state index contributed by atoms with van der Waals surface area (Å²) < 4.78 is 6.18. The second-order valence-corrected chi connectivity index (χ2v) is 5.17. The first kappa shape index (κ1) is 11.0. The minimum Gasteiger partial charge on any atom is -0.497 e. The highest BCUT2D eigenvalue weighted by molar-refractivity contribution is 5.84. The molecular weight excluding hydrogens is 200 g/mol. The van der Waals surface area contributed by atoms with Crippen LogP contribution in [0.15, 0.2) is 24.4 Å². The zero-order chi connectivity index (χ0) is 11.8. The third-order valence-electron chi connectivity index (χ3n) is 2.62. The summed E-state index contributed by atoms with van der Waals surface area (Å²) in [7, 11) is 8.28. The minimum atomic E-state index is 0.912. The van der Waals surface area contributed by atoms with E-state index in [2.05, 4.69) is 44.5 Å². The van der Waals surface area contributed by atoms with Crippen molar-refractivity contribution in [3.8, 4) is 5.75 Å². The Morgan fingerprint density at radius 3 is 2.62 bits per heavy atom. The lowest BCUT2D eigenvalue weighted by molar-refractivity contribution is -0.883. The Bertz CT molecular complexity index is 494. The number of fused-ring (bicyclic) bond motifs is 1. The number of rotatable bonds is 3. The van der Waals surface area contributed by atoms with Crippen molar-refractivity contribution in [2.45, 2.75) is 6.54 Å². The molecule has 0 aliphatic heterocycles. The first-order chi connectivity index (χ1) is 7.49. The Balaban J connectivity index is 2.46. The molecule has 2 aromatic rings. The van der Waals surface area contributed by atoms with Gasteiger partial charge in [-0.15, -0.1) is 0 Å². The van der Waals surface area contributed by atoms with Gasteiger partial charge in [-0.25, -0.2) is 0 Å². The van der Waals surface area contributed by atoms with Crippen molar-refractivity contribution in [2.75, 3.05) is 28.3 Å². The van der Waals surface area contributed by atoms with Gasteiger partial charge in [0, 0.05) is 22.7 Å². The van der Waals surface area contributed by atoms with Crippen LogP contribution in [0.5, 0.6) is 5.75 Å². The first-order valence-corrected chi connectivity index (χ1v) is 5.44. The standard InChI is InChI=1S/C13H19N2O/c1-15(2,3)9-10-8-14-13-6-5-11(16-4)7-12(10)13/h5-8,14H,9H2,1-4H3/q+1. The molecule has 0 unspecified atom stereocenters. The topological polar surface area (TPSA) is 25.0 Å². The normalized spacial score (nSPS) is 12.0. The zero-order valence-electron chi connectivity index (χ0n) is 10.4. The van der Waals surface area contributed by atoms with Crippen LogP contribution >= 0.6 is 0 Å². The van der Waals surface area contributed by atoms with Crippen molar-refractivity contribution in [1.82, 2.24) is 4.98 Å². The van der Waals surface area contributed by atoms with Crippen molar-refractivity contribution in [1.29, 1.82) is 0 Å². The summed E-state index contributed by atoms with van der Waals surface area (Å²) in [6, 6.07) is 6.14. The molecule has 0 radical (unpaired) electrons. The fourth-order valence-corrected chi connectivity index (χ4v) is 1.93. The third-order valence-corrected chi connectivity index (χ3v) is 2.62. The first-order valence-electron chi connectivity index (χ1n) is 5.44. The molecule has 1 aromatic heterocycles. The van der Waals surface area contributed by atoms with Crippen LogP contribution in [0.1, 0.15) is 5.56 Å². The molecule has 0 saturated carbocycles. The van der Waals surface area contributed by atoms with Gasteiger partial charge in [0.05, 0.1) is 28.3 Å². The lowest BCUT2D eigenvalue weighted by atomic mass is 10.1. The monoisotopic (exact) mass is 219 g/mol. The number of benzene rings is 1. The lowest BCUT2D eigenvalue weighted by Crippen LogP contribution is -2.33.